The zero-order chi connectivity index (χ0) is 37.1. The first-order chi connectivity index (χ1) is 27.6. The molecule has 56 heavy (non-hydrogen) atoms. The van der Waals surface area contributed by atoms with Crippen molar-refractivity contribution in [3.8, 4) is 39.5 Å². The second kappa shape index (κ2) is 11.5. The van der Waals surface area contributed by atoms with Crippen molar-refractivity contribution < 1.29 is 0 Å². The summed E-state index contributed by atoms with van der Waals surface area (Å²) in [6.45, 7) is 4.74. The fourth-order valence-electron chi connectivity index (χ4n) is 9.75. The monoisotopic (exact) mass is 713 g/mol. The van der Waals surface area contributed by atoms with Crippen LogP contribution in [0, 0.1) is 0 Å². The van der Waals surface area contributed by atoms with Crippen molar-refractivity contribution in [3.63, 3.8) is 0 Å². The Kier molecular flexibility index (Phi) is 6.40. The van der Waals surface area contributed by atoms with Crippen molar-refractivity contribution in [1.82, 2.24) is 14.5 Å². The summed E-state index contributed by atoms with van der Waals surface area (Å²) in [6.07, 6.45) is 0. The van der Waals surface area contributed by atoms with Crippen molar-refractivity contribution in [1.29, 1.82) is 0 Å². The van der Waals surface area contributed by atoms with Gasteiger partial charge in [-0.15, -0.1) is 0 Å². The summed E-state index contributed by atoms with van der Waals surface area (Å²) in [4.78, 5) is 10.9. The zero-order valence-corrected chi connectivity index (χ0v) is 31.1. The molecular formula is C53H35N3. The minimum atomic E-state index is -0.281. The SMILES string of the molecule is CC1(C)c2cc(-c3nc(-c4ccccc4)c4cc(-c5ccccc5)c5ccccc5c4n3)ccc2-n2c3c1cccc3c1c3ccccc3c3ccccc3c12. The molecule has 2 aromatic heterocycles. The van der Waals surface area contributed by atoms with E-state index in [4.69, 9.17) is 9.97 Å². The summed E-state index contributed by atoms with van der Waals surface area (Å²) in [6, 6.07) is 63.8. The predicted octanol–water partition coefficient (Wildman–Crippen LogP) is 13.8. The topological polar surface area (TPSA) is 30.7 Å². The van der Waals surface area contributed by atoms with Gasteiger partial charge in [0.15, 0.2) is 5.82 Å². The molecule has 0 N–H and O–H groups in total. The lowest BCUT2D eigenvalue weighted by molar-refractivity contribution is 0.630. The van der Waals surface area contributed by atoms with Gasteiger partial charge in [-0.2, -0.15) is 0 Å². The normalized spacial score (nSPS) is 13.3. The molecule has 0 saturated heterocycles. The summed E-state index contributed by atoms with van der Waals surface area (Å²) in [5.41, 5.74) is 12.4. The predicted molar refractivity (Wildman–Crippen MR) is 235 cm³/mol. The van der Waals surface area contributed by atoms with E-state index in [2.05, 4.69) is 194 Å². The van der Waals surface area contributed by atoms with Gasteiger partial charge in [-0.05, 0) is 68.1 Å². The average Bonchev–Trinajstić information content (AvgIpc) is 3.62. The van der Waals surface area contributed by atoms with E-state index in [1.165, 1.54) is 76.7 Å². The highest BCUT2D eigenvalue weighted by atomic mass is 15.0. The molecule has 0 aliphatic carbocycles. The molecule has 3 heteroatoms. The van der Waals surface area contributed by atoms with Gasteiger partial charge in [-0.3, -0.25) is 0 Å². The van der Waals surface area contributed by atoms with E-state index < -0.39 is 0 Å². The second-order valence-electron chi connectivity index (χ2n) is 15.7. The van der Waals surface area contributed by atoms with Crippen LogP contribution in [0.2, 0.25) is 0 Å². The lowest BCUT2D eigenvalue weighted by atomic mass is 9.74. The maximum atomic E-state index is 5.47. The van der Waals surface area contributed by atoms with Gasteiger partial charge in [0.25, 0.3) is 0 Å². The third-order valence-electron chi connectivity index (χ3n) is 12.3. The van der Waals surface area contributed by atoms with Crippen LogP contribution in [0.25, 0.3) is 104 Å². The number of hydrogen-bond donors (Lipinski definition) is 0. The van der Waals surface area contributed by atoms with Crippen LogP contribution in [0.4, 0.5) is 0 Å². The number of para-hydroxylation sites is 1. The molecule has 0 spiro atoms. The number of fused-ring (bicyclic) bond motifs is 13. The third kappa shape index (κ3) is 4.23. The van der Waals surface area contributed by atoms with Crippen LogP contribution in [0.15, 0.2) is 176 Å². The lowest BCUT2D eigenvalue weighted by Crippen LogP contribution is -2.26. The van der Waals surface area contributed by atoms with Crippen LogP contribution in [0.3, 0.4) is 0 Å². The Balaban J connectivity index is 1.16. The molecule has 0 unspecified atom stereocenters. The standard InChI is InChI=1S/C53H35N3/c1-53(2)44-27-15-26-41-47-38-23-12-9-20-35(38)36-21-11-14-25-40(36)51(47)56(50(41)44)46-29-28-34(30-45(46)53)52-54-48(33-18-7-4-8-19-33)43-31-42(32-16-5-3-6-17-32)37-22-10-13-24-39(37)49(43)55-52/h3-31H,1-2H3. The highest BCUT2D eigenvalue weighted by Gasteiger charge is 2.36. The molecule has 0 saturated carbocycles. The Morgan fingerprint density at radius 1 is 0.411 bits per heavy atom. The maximum Gasteiger partial charge on any atom is 0.160 e. The molecule has 0 amide bonds. The first-order valence-corrected chi connectivity index (χ1v) is 19.4. The Morgan fingerprint density at radius 2 is 1.02 bits per heavy atom. The van der Waals surface area contributed by atoms with E-state index in [1.54, 1.807) is 0 Å². The molecule has 0 atom stereocenters. The molecule has 0 bridgehead atoms. The number of rotatable bonds is 3. The smallest absolute Gasteiger partial charge is 0.160 e. The lowest BCUT2D eigenvalue weighted by Gasteiger charge is -2.35. The highest BCUT2D eigenvalue weighted by Crippen LogP contribution is 2.51. The summed E-state index contributed by atoms with van der Waals surface area (Å²) in [5.74, 6) is 0.727. The quantitative estimate of drug-likeness (QED) is 0.171. The van der Waals surface area contributed by atoms with Crippen LogP contribution in [-0.2, 0) is 5.41 Å². The molecule has 11 aromatic rings. The first-order valence-electron chi connectivity index (χ1n) is 19.4. The van der Waals surface area contributed by atoms with E-state index in [0.29, 0.717) is 0 Å². The van der Waals surface area contributed by atoms with E-state index in [1.807, 2.05) is 0 Å². The van der Waals surface area contributed by atoms with Crippen LogP contribution in [0.5, 0.6) is 0 Å². The Bertz CT molecular complexity index is 3430. The van der Waals surface area contributed by atoms with Gasteiger partial charge in [-0.25, -0.2) is 9.97 Å². The maximum absolute atomic E-state index is 5.47. The van der Waals surface area contributed by atoms with E-state index in [-0.39, 0.29) is 5.41 Å². The molecule has 1 aliphatic rings. The fourth-order valence-corrected chi connectivity index (χ4v) is 9.75. The van der Waals surface area contributed by atoms with Crippen LogP contribution in [-0.4, -0.2) is 14.5 Å². The molecular weight excluding hydrogens is 679 g/mol. The van der Waals surface area contributed by atoms with Gasteiger partial charge < -0.3 is 4.57 Å². The Hall–Kier alpha value is -7.10. The van der Waals surface area contributed by atoms with Gasteiger partial charge in [0.1, 0.15) is 0 Å². The van der Waals surface area contributed by atoms with E-state index in [0.717, 1.165) is 38.9 Å². The molecule has 9 aromatic carbocycles. The number of hydrogen-bond acceptors (Lipinski definition) is 2. The number of aromatic nitrogens is 3. The molecule has 3 nitrogen and oxygen atoms in total. The second-order valence-corrected chi connectivity index (χ2v) is 15.7. The molecule has 262 valence electrons. The average molecular weight is 714 g/mol. The largest absolute Gasteiger partial charge is 0.308 e. The van der Waals surface area contributed by atoms with Crippen LogP contribution in [0.1, 0.15) is 25.0 Å². The van der Waals surface area contributed by atoms with Gasteiger partial charge in [0.2, 0.25) is 0 Å². The molecule has 0 fully saturated rings. The van der Waals surface area contributed by atoms with Crippen molar-refractivity contribution in [3.05, 3.63) is 187 Å². The zero-order valence-electron chi connectivity index (χ0n) is 31.1. The number of benzene rings is 9. The summed E-state index contributed by atoms with van der Waals surface area (Å²) < 4.78 is 2.55. The number of nitrogens with zero attached hydrogens (tertiary/aromatic N) is 3. The molecule has 3 heterocycles. The van der Waals surface area contributed by atoms with Crippen molar-refractivity contribution in [2.75, 3.05) is 0 Å². The van der Waals surface area contributed by atoms with Gasteiger partial charge in [-0.1, -0.05) is 166 Å². The minimum absolute atomic E-state index is 0.281. The first kappa shape index (κ1) is 31.3. The summed E-state index contributed by atoms with van der Waals surface area (Å²) >= 11 is 0. The third-order valence-corrected chi connectivity index (χ3v) is 12.3. The molecule has 12 rings (SSSR count). The Labute approximate surface area is 324 Å². The summed E-state index contributed by atoms with van der Waals surface area (Å²) in [7, 11) is 0. The fraction of sp³-hybridized carbons (Fsp3) is 0.0566. The van der Waals surface area contributed by atoms with Crippen molar-refractivity contribution >= 4 is 65.0 Å². The summed E-state index contributed by atoms with van der Waals surface area (Å²) in [5, 5.41) is 11.1. The molecule has 0 radical (unpaired) electrons. The Morgan fingerprint density at radius 3 is 1.77 bits per heavy atom. The van der Waals surface area contributed by atoms with Gasteiger partial charge in [0.05, 0.1) is 27.9 Å². The van der Waals surface area contributed by atoms with E-state index >= 15 is 0 Å². The van der Waals surface area contributed by atoms with E-state index in [9.17, 15) is 0 Å². The van der Waals surface area contributed by atoms with Gasteiger partial charge >= 0.3 is 0 Å². The minimum Gasteiger partial charge on any atom is -0.308 e. The van der Waals surface area contributed by atoms with Crippen molar-refractivity contribution in [2.45, 2.75) is 19.3 Å². The van der Waals surface area contributed by atoms with Crippen molar-refractivity contribution in [2.24, 2.45) is 0 Å². The van der Waals surface area contributed by atoms with Gasteiger partial charge in [0, 0.05) is 43.5 Å². The van der Waals surface area contributed by atoms with Crippen LogP contribution >= 0.6 is 0 Å². The van der Waals surface area contributed by atoms with Crippen LogP contribution < -0.4 is 0 Å². The highest BCUT2D eigenvalue weighted by molar-refractivity contribution is 6.32. The molecule has 1 aliphatic heterocycles.